The van der Waals surface area contributed by atoms with E-state index in [4.69, 9.17) is 4.74 Å². The number of benzene rings is 2. The smallest absolute Gasteiger partial charge is 0.408 e. The topological polar surface area (TPSA) is 84.9 Å². The van der Waals surface area contributed by atoms with Gasteiger partial charge in [0.05, 0.1) is 0 Å². The third-order valence-corrected chi connectivity index (χ3v) is 3.72. The van der Waals surface area contributed by atoms with Crippen LogP contribution in [0.15, 0.2) is 24.3 Å². The molecule has 0 aliphatic carbocycles. The standard InChI is InChI=1S/C20H18F5NO5/c1-20(2,3)31-19(29)26-11(8-9-4-6-10(27)7-5-9)18(28)30-17-15(24)13(22)12(21)14(23)16(17)25/h4-7,11,27H,8H2,1-3H3,(H,26,29)/t11-/m1/s1. The molecule has 11 heteroatoms. The minimum atomic E-state index is -2.41. The van der Waals surface area contributed by atoms with Crippen molar-refractivity contribution in [3.8, 4) is 11.5 Å². The molecule has 0 aliphatic heterocycles. The molecule has 2 N–H and O–H groups in total. The number of hydrogen-bond acceptors (Lipinski definition) is 5. The van der Waals surface area contributed by atoms with Crippen LogP contribution in [0.3, 0.4) is 0 Å². The lowest BCUT2D eigenvalue weighted by molar-refractivity contribution is -0.137. The normalized spacial score (nSPS) is 12.3. The third-order valence-electron chi connectivity index (χ3n) is 3.72. The number of ether oxygens (including phenoxy) is 2. The van der Waals surface area contributed by atoms with E-state index >= 15 is 0 Å². The van der Waals surface area contributed by atoms with Gasteiger partial charge in [-0.15, -0.1) is 0 Å². The van der Waals surface area contributed by atoms with Crippen LogP contribution in [0, 0.1) is 29.1 Å². The van der Waals surface area contributed by atoms with Crippen molar-refractivity contribution in [3.05, 3.63) is 58.9 Å². The van der Waals surface area contributed by atoms with E-state index in [9.17, 15) is 36.6 Å². The Balaban J connectivity index is 2.33. The number of aromatic hydroxyl groups is 1. The zero-order chi connectivity index (χ0) is 23.5. The molecule has 0 aliphatic rings. The molecule has 6 nitrogen and oxygen atoms in total. The van der Waals surface area contributed by atoms with Crippen LogP contribution >= 0.6 is 0 Å². The molecule has 2 aromatic carbocycles. The molecule has 1 atom stereocenters. The molecule has 0 spiro atoms. The fraction of sp³-hybridized carbons (Fsp3) is 0.300. The molecule has 1 amide bonds. The highest BCUT2D eigenvalue weighted by atomic mass is 19.2. The van der Waals surface area contributed by atoms with Crippen LogP contribution in [0.25, 0.3) is 0 Å². The van der Waals surface area contributed by atoms with Crippen LogP contribution in [0.1, 0.15) is 26.3 Å². The molecule has 2 aromatic rings. The maximum atomic E-state index is 13.8. The number of rotatable bonds is 5. The Morgan fingerprint density at radius 2 is 1.42 bits per heavy atom. The maximum Gasteiger partial charge on any atom is 0.408 e. The van der Waals surface area contributed by atoms with E-state index in [1.807, 2.05) is 0 Å². The van der Waals surface area contributed by atoms with Crippen LogP contribution in [0.2, 0.25) is 0 Å². The van der Waals surface area contributed by atoms with Gasteiger partial charge in [0, 0.05) is 6.42 Å². The molecular weight excluding hydrogens is 429 g/mol. The average Bonchev–Trinajstić information content (AvgIpc) is 2.67. The minimum Gasteiger partial charge on any atom is -0.508 e. The number of esters is 1. The molecule has 0 bridgehead atoms. The van der Waals surface area contributed by atoms with Gasteiger partial charge in [-0.25, -0.2) is 22.8 Å². The molecule has 31 heavy (non-hydrogen) atoms. The number of amides is 1. The van der Waals surface area contributed by atoms with Gasteiger partial charge in [0.15, 0.2) is 0 Å². The van der Waals surface area contributed by atoms with Gasteiger partial charge in [-0.05, 0) is 38.5 Å². The number of alkyl carbamates (subject to hydrolysis) is 1. The summed E-state index contributed by atoms with van der Waals surface area (Å²) in [7, 11) is 0. The predicted octanol–water partition coefficient (Wildman–Crippen LogP) is 4.13. The summed E-state index contributed by atoms with van der Waals surface area (Å²) in [4.78, 5) is 24.5. The summed E-state index contributed by atoms with van der Waals surface area (Å²) in [6.45, 7) is 4.61. The summed E-state index contributed by atoms with van der Waals surface area (Å²) in [6, 6.07) is 3.68. The lowest BCUT2D eigenvalue weighted by atomic mass is 10.1. The van der Waals surface area contributed by atoms with Crippen LogP contribution in [0.5, 0.6) is 11.5 Å². The van der Waals surface area contributed by atoms with Crippen LogP contribution in [-0.4, -0.2) is 28.8 Å². The van der Waals surface area contributed by atoms with Crippen molar-refractivity contribution in [2.75, 3.05) is 0 Å². The second-order valence-corrected chi connectivity index (χ2v) is 7.39. The van der Waals surface area contributed by atoms with E-state index in [2.05, 4.69) is 10.1 Å². The number of carbonyl (C=O) groups excluding carboxylic acids is 2. The lowest BCUT2D eigenvalue weighted by Gasteiger charge is -2.23. The number of halogens is 5. The van der Waals surface area contributed by atoms with Crippen LogP contribution in [0.4, 0.5) is 26.7 Å². The van der Waals surface area contributed by atoms with E-state index in [1.54, 1.807) is 0 Å². The van der Waals surface area contributed by atoms with E-state index in [0.717, 1.165) is 0 Å². The van der Waals surface area contributed by atoms with Crippen molar-refractivity contribution in [2.45, 2.75) is 38.8 Å². The first kappa shape index (κ1) is 23.9. The van der Waals surface area contributed by atoms with Crippen molar-refractivity contribution in [1.82, 2.24) is 5.32 Å². The first-order chi connectivity index (χ1) is 14.3. The molecular formula is C20H18F5NO5. The van der Waals surface area contributed by atoms with Gasteiger partial charge in [0.25, 0.3) is 0 Å². The Bertz CT molecular complexity index is 960. The second-order valence-electron chi connectivity index (χ2n) is 7.39. The summed E-state index contributed by atoms with van der Waals surface area (Å²) >= 11 is 0. The largest absolute Gasteiger partial charge is 0.508 e. The Labute approximate surface area is 173 Å². The van der Waals surface area contributed by atoms with E-state index in [1.165, 1.54) is 45.0 Å². The zero-order valence-electron chi connectivity index (χ0n) is 16.6. The molecule has 0 radical (unpaired) electrons. The average molecular weight is 447 g/mol. The summed E-state index contributed by atoms with van der Waals surface area (Å²) in [5.74, 6) is -15.1. The number of phenolic OH excluding ortho intramolecular Hbond substituents is 1. The molecule has 2 rings (SSSR count). The summed E-state index contributed by atoms with van der Waals surface area (Å²) in [5, 5.41) is 11.5. The molecule has 0 saturated heterocycles. The molecule has 0 aromatic heterocycles. The van der Waals surface area contributed by atoms with Crippen molar-refractivity contribution < 1.29 is 46.1 Å². The zero-order valence-corrected chi connectivity index (χ0v) is 16.6. The Morgan fingerprint density at radius 3 is 1.90 bits per heavy atom. The summed E-state index contributed by atoms with van der Waals surface area (Å²) in [5.41, 5.74) is -0.591. The number of hydrogen-bond donors (Lipinski definition) is 2. The fourth-order valence-corrected chi connectivity index (χ4v) is 2.36. The minimum absolute atomic E-state index is 0.0932. The summed E-state index contributed by atoms with van der Waals surface area (Å²) < 4.78 is 77.0. The predicted molar refractivity (Wildman–Crippen MR) is 96.8 cm³/mol. The highest BCUT2D eigenvalue weighted by molar-refractivity contribution is 5.83. The summed E-state index contributed by atoms with van der Waals surface area (Å²) in [6.07, 6.45) is -1.40. The fourth-order valence-electron chi connectivity index (χ4n) is 2.36. The molecule has 0 fully saturated rings. The SMILES string of the molecule is CC(C)(C)OC(=O)N[C@H](Cc1ccc(O)cc1)C(=O)Oc1c(F)c(F)c(F)c(F)c1F. The second kappa shape index (κ2) is 9.19. The first-order valence-corrected chi connectivity index (χ1v) is 8.80. The highest BCUT2D eigenvalue weighted by Crippen LogP contribution is 2.29. The van der Waals surface area contributed by atoms with Gasteiger partial charge in [-0.3, -0.25) is 0 Å². The van der Waals surface area contributed by atoms with Gasteiger partial charge in [0.2, 0.25) is 34.8 Å². The van der Waals surface area contributed by atoms with Gasteiger partial charge in [0.1, 0.15) is 17.4 Å². The molecule has 0 unspecified atom stereocenters. The third kappa shape index (κ3) is 6.06. The van der Waals surface area contributed by atoms with Crippen LogP contribution in [-0.2, 0) is 16.0 Å². The van der Waals surface area contributed by atoms with Gasteiger partial charge >= 0.3 is 12.1 Å². The Morgan fingerprint density at radius 1 is 0.935 bits per heavy atom. The lowest BCUT2D eigenvalue weighted by Crippen LogP contribution is -2.46. The van der Waals surface area contributed by atoms with Gasteiger partial charge < -0.3 is 19.9 Å². The molecule has 0 heterocycles. The number of carbonyl (C=O) groups is 2. The molecule has 0 saturated carbocycles. The van der Waals surface area contributed by atoms with Crippen molar-refractivity contribution >= 4 is 12.1 Å². The first-order valence-electron chi connectivity index (χ1n) is 8.80. The van der Waals surface area contributed by atoms with Gasteiger partial charge in [-0.1, -0.05) is 12.1 Å². The van der Waals surface area contributed by atoms with E-state index in [0.29, 0.717) is 5.56 Å². The maximum absolute atomic E-state index is 13.8. The highest BCUT2D eigenvalue weighted by Gasteiger charge is 2.32. The Kier molecular flexibility index (Phi) is 7.09. The van der Waals surface area contributed by atoms with E-state index in [-0.39, 0.29) is 12.2 Å². The molecule has 168 valence electrons. The number of nitrogens with one attached hydrogen (secondary N) is 1. The van der Waals surface area contributed by atoms with Crippen LogP contribution < -0.4 is 10.1 Å². The van der Waals surface area contributed by atoms with Crippen molar-refractivity contribution in [3.63, 3.8) is 0 Å². The Hall–Kier alpha value is -3.37. The quantitative estimate of drug-likeness (QED) is 0.237. The van der Waals surface area contributed by atoms with E-state index < -0.39 is 58.5 Å². The monoisotopic (exact) mass is 447 g/mol. The number of phenols is 1. The van der Waals surface area contributed by atoms with Crippen molar-refractivity contribution in [2.24, 2.45) is 0 Å². The van der Waals surface area contributed by atoms with Crippen molar-refractivity contribution in [1.29, 1.82) is 0 Å². The van der Waals surface area contributed by atoms with Gasteiger partial charge in [-0.2, -0.15) is 8.78 Å².